The second-order valence-corrected chi connectivity index (χ2v) is 7.08. The van der Waals surface area contributed by atoms with Gasteiger partial charge in [-0.25, -0.2) is 4.79 Å². The number of thioether (sulfide) groups is 1. The highest BCUT2D eigenvalue weighted by molar-refractivity contribution is 8.27. The molecule has 3 rings (SSSR count). The monoisotopic (exact) mass is 400 g/mol. The molecule has 0 N–H and O–H groups in total. The Morgan fingerprint density at radius 3 is 2.59 bits per heavy atom. The van der Waals surface area contributed by atoms with Gasteiger partial charge in [-0.15, -0.1) is 0 Å². The molecule has 136 valence electrons. The third-order valence-electron chi connectivity index (χ3n) is 3.72. The van der Waals surface area contributed by atoms with Crippen LogP contribution in [-0.2, 0) is 9.53 Å². The largest absolute Gasteiger partial charge is 0.465 e. The SMILES string of the molecule is COC(=O)c1ccc(N2C(=O)/C(=C\c3cccc([N+](=O)[O-])c3)SC2=S)cc1. The fraction of sp³-hybridized carbons (Fsp3) is 0.0556. The molecule has 0 bridgehead atoms. The smallest absolute Gasteiger partial charge is 0.337 e. The second-order valence-electron chi connectivity index (χ2n) is 5.41. The van der Waals surface area contributed by atoms with Crippen molar-refractivity contribution in [2.45, 2.75) is 0 Å². The highest BCUT2D eigenvalue weighted by atomic mass is 32.2. The first-order valence-corrected chi connectivity index (χ1v) is 8.84. The van der Waals surface area contributed by atoms with Crippen LogP contribution in [0.4, 0.5) is 11.4 Å². The number of esters is 1. The molecule has 1 aliphatic heterocycles. The van der Waals surface area contributed by atoms with Crippen LogP contribution in [0.1, 0.15) is 15.9 Å². The van der Waals surface area contributed by atoms with E-state index in [1.807, 2.05) is 0 Å². The number of nitro benzene ring substituents is 1. The average molecular weight is 400 g/mol. The molecule has 0 unspecified atom stereocenters. The quantitative estimate of drug-likeness (QED) is 0.254. The number of carbonyl (C=O) groups excluding carboxylic acids is 2. The number of rotatable bonds is 4. The first-order valence-electron chi connectivity index (χ1n) is 7.61. The van der Waals surface area contributed by atoms with Gasteiger partial charge in [-0.2, -0.15) is 0 Å². The van der Waals surface area contributed by atoms with Crippen molar-refractivity contribution in [3.63, 3.8) is 0 Å². The number of anilines is 1. The van der Waals surface area contributed by atoms with Gasteiger partial charge in [0.05, 0.1) is 28.2 Å². The number of nitro groups is 1. The van der Waals surface area contributed by atoms with E-state index in [2.05, 4.69) is 4.74 Å². The Morgan fingerprint density at radius 1 is 1.26 bits per heavy atom. The Hall–Kier alpha value is -3.04. The predicted octanol–water partition coefficient (Wildman–Crippen LogP) is 3.79. The second kappa shape index (κ2) is 7.68. The number of carbonyl (C=O) groups is 2. The topological polar surface area (TPSA) is 89.8 Å². The molecule has 1 saturated heterocycles. The molecule has 7 nitrogen and oxygen atoms in total. The normalized spacial score (nSPS) is 15.3. The van der Waals surface area contributed by atoms with E-state index in [0.717, 1.165) is 11.8 Å². The van der Waals surface area contributed by atoms with Crippen molar-refractivity contribution in [1.29, 1.82) is 0 Å². The molecule has 1 fully saturated rings. The molecule has 0 radical (unpaired) electrons. The zero-order valence-corrected chi connectivity index (χ0v) is 15.6. The minimum Gasteiger partial charge on any atom is -0.465 e. The third kappa shape index (κ3) is 3.88. The van der Waals surface area contributed by atoms with Gasteiger partial charge in [-0.1, -0.05) is 36.1 Å². The van der Waals surface area contributed by atoms with Gasteiger partial charge in [0, 0.05) is 12.1 Å². The van der Waals surface area contributed by atoms with Crippen LogP contribution in [0.25, 0.3) is 6.08 Å². The summed E-state index contributed by atoms with van der Waals surface area (Å²) in [6.45, 7) is 0. The summed E-state index contributed by atoms with van der Waals surface area (Å²) < 4.78 is 4.98. The summed E-state index contributed by atoms with van der Waals surface area (Å²) in [4.78, 5) is 36.4. The van der Waals surface area contributed by atoms with E-state index in [4.69, 9.17) is 12.2 Å². The average Bonchev–Trinajstić information content (AvgIpc) is 2.94. The fourth-order valence-electron chi connectivity index (χ4n) is 2.43. The zero-order chi connectivity index (χ0) is 19.6. The molecule has 2 aromatic carbocycles. The number of ether oxygens (including phenoxy) is 1. The molecule has 9 heteroatoms. The number of non-ortho nitro benzene ring substituents is 1. The minimum absolute atomic E-state index is 0.0578. The third-order valence-corrected chi connectivity index (χ3v) is 5.02. The van der Waals surface area contributed by atoms with Gasteiger partial charge < -0.3 is 4.74 Å². The molecule has 1 amide bonds. The van der Waals surface area contributed by atoms with Crippen molar-refractivity contribution >= 4 is 57.6 Å². The molecule has 0 atom stereocenters. The number of benzene rings is 2. The van der Waals surface area contributed by atoms with E-state index >= 15 is 0 Å². The number of hydrogen-bond acceptors (Lipinski definition) is 7. The summed E-state index contributed by atoms with van der Waals surface area (Å²) in [6, 6.07) is 12.3. The maximum absolute atomic E-state index is 12.7. The van der Waals surface area contributed by atoms with Gasteiger partial charge >= 0.3 is 5.97 Å². The van der Waals surface area contributed by atoms with Crippen LogP contribution in [0.2, 0.25) is 0 Å². The summed E-state index contributed by atoms with van der Waals surface area (Å²) in [6.07, 6.45) is 1.56. The lowest BCUT2D eigenvalue weighted by Crippen LogP contribution is -2.27. The van der Waals surface area contributed by atoms with Gasteiger partial charge in [0.15, 0.2) is 4.32 Å². The Morgan fingerprint density at radius 2 is 1.96 bits per heavy atom. The Balaban J connectivity index is 1.88. The Kier molecular flexibility index (Phi) is 5.33. The van der Waals surface area contributed by atoms with Crippen molar-refractivity contribution < 1.29 is 19.2 Å². The lowest BCUT2D eigenvalue weighted by Gasteiger charge is -2.14. The van der Waals surface area contributed by atoms with Crippen LogP contribution < -0.4 is 4.90 Å². The van der Waals surface area contributed by atoms with Crippen molar-refractivity contribution in [3.8, 4) is 0 Å². The molecular weight excluding hydrogens is 388 g/mol. The van der Waals surface area contributed by atoms with Gasteiger partial charge in [-0.3, -0.25) is 19.8 Å². The molecule has 0 saturated carbocycles. The summed E-state index contributed by atoms with van der Waals surface area (Å²) in [5.41, 5.74) is 1.36. The first-order chi connectivity index (χ1) is 12.9. The molecule has 1 heterocycles. The number of nitrogens with zero attached hydrogens (tertiary/aromatic N) is 2. The highest BCUT2D eigenvalue weighted by Gasteiger charge is 2.33. The minimum atomic E-state index is -0.495. The summed E-state index contributed by atoms with van der Waals surface area (Å²) >= 11 is 6.40. The number of methoxy groups -OCH3 is 1. The molecule has 0 aliphatic carbocycles. The zero-order valence-electron chi connectivity index (χ0n) is 13.9. The first kappa shape index (κ1) is 18.7. The van der Waals surface area contributed by atoms with Crippen LogP contribution in [0.5, 0.6) is 0 Å². The fourth-order valence-corrected chi connectivity index (χ4v) is 3.73. The van der Waals surface area contributed by atoms with E-state index in [1.54, 1.807) is 42.5 Å². The lowest BCUT2D eigenvalue weighted by atomic mass is 10.1. The Bertz CT molecular complexity index is 986. The summed E-state index contributed by atoms with van der Waals surface area (Å²) in [5, 5.41) is 10.9. The van der Waals surface area contributed by atoms with E-state index in [-0.39, 0.29) is 11.6 Å². The number of hydrogen-bond donors (Lipinski definition) is 0. The molecule has 0 spiro atoms. The summed E-state index contributed by atoms with van der Waals surface area (Å²) in [7, 11) is 1.29. The van der Waals surface area contributed by atoms with Gasteiger partial charge in [-0.05, 0) is 35.9 Å². The van der Waals surface area contributed by atoms with E-state index in [9.17, 15) is 19.7 Å². The van der Waals surface area contributed by atoms with Crippen LogP contribution in [0.3, 0.4) is 0 Å². The van der Waals surface area contributed by atoms with Gasteiger partial charge in [0.2, 0.25) is 0 Å². The van der Waals surface area contributed by atoms with E-state index in [0.29, 0.717) is 26.0 Å². The number of thiocarbonyl (C=S) groups is 1. The van der Waals surface area contributed by atoms with Crippen molar-refractivity contribution in [2.75, 3.05) is 12.0 Å². The highest BCUT2D eigenvalue weighted by Crippen LogP contribution is 2.36. The van der Waals surface area contributed by atoms with Gasteiger partial charge in [0.1, 0.15) is 0 Å². The molecule has 0 aromatic heterocycles. The van der Waals surface area contributed by atoms with Crippen molar-refractivity contribution in [1.82, 2.24) is 0 Å². The summed E-state index contributed by atoms with van der Waals surface area (Å²) in [5.74, 6) is -0.806. The Labute approximate surface area is 163 Å². The molecular formula is C18H12N2O5S2. The van der Waals surface area contributed by atoms with Crippen molar-refractivity contribution in [3.05, 3.63) is 74.7 Å². The van der Waals surface area contributed by atoms with Crippen molar-refractivity contribution in [2.24, 2.45) is 0 Å². The molecule has 2 aromatic rings. The van der Waals surface area contributed by atoms with Gasteiger partial charge in [0.25, 0.3) is 11.6 Å². The standard InChI is InChI=1S/C18H12N2O5S2/c1-25-17(22)12-5-7-13(8-6-12)19-16(21)15(27-18(19)26)10-11-3-2-4-14(9-11)20(23)24/h2-10H,1H3/b15-10+. The van der Waals surface area contributed by atoms with Crippen LogP contribution >= 0.6 is 24.0 Å². The predicted molar refractivity (Wildman–Crippen MR) is 107 cm³/mol. The van der Waals surface area contributed by atoms with Crippen LogP contribution in [-0.4, -0.2) is 28.2 Å². The van der Waals surface area contributed by atoms with Crippen LogP contribution in [0.15, 0.2) is 53.4 Å². The maximum atomic E-state index is 12.7. The maximum Gasteiger partial charge on any atom is 0.337 e. The molecule has 1 aliphatic rings. The molecule has 27 heavy (non-hydrogen) atoms. The van der Waals surface area contributed by atoms with Crippen LogP contribution in [0, 0.1) is 10.1 Å². The van der Waals surface area contributed by atoms with E-state index in [1.165, 1.54) is 24.1 Å². The lowest BCUT2D eigenvalue weighted by molar-refractivity contribution is -0.384. The number of amides is 1. The van der Waals surface area contributed by atoms with E-state index < -0.39 is 10.9 Å².